The number of rotatable bonds is 5. The van der Waals surface area contributed by atoms with E-state index in [1.807, 2.05) is 66.7 Å². The maximum Gasteiger partial charge on any atom is 0.235 e. The van der Waals surface area contributed by atoms with Crippen molar-refractivity contribution in [3.63, 3.8) is 0 Å². The predicted octanol–water partition coefficient (Wildman–Crippen LogP) is 4.49. The average molecular weight is 385 g/mol. The first-order valence-electron chi connectivity index (χ1n) is 8.77. The SMILES string of the molecule is c1ccc(COc2cccc(-c3nn4c(-c5cccnc5)nnc4s3)c2)cc1. The number of hydrogen-bond donors (Lipinski definition) is 0. The molecule has 3 heterocycles. The molecular formula is C21H15N5OS. The predicted molar refractivity (Wildman–Crippen MR) is 108 cm³/mol. The van der Waals surface area contributed by atoms with Crippen LogP contribution in [0.2, 0.25) is 0 Å². The van der Waals surface area contributed by atoms with Gasteiger partial charge in [0.05, 0.1) is 0 Å². The summed E-state index contributed by atoms with van der Waals surface area (Å²) < 4.78 is 7.70. The van der Waals surface area contributed by atoms with E-state index in [-0.39, 0.29) is 0 Å². The summed E-state index contributed by atoms with van der Waals surface area (Å²) in [6, 6.07) is 21.9. The molecule has 136 valence electrons. The molecule has 6 nitrogen and oxygen atoms in total. The summed E-state index contributed by atoms with van der Waals surface area (Å²) in [5.74, 6) is 1.49. The van der Waals surface area contributed by atoms with Gasteiger partial charge in [-0.3, -0.25) is 4.98 Å². The molecule has 5 rings (SSSR count). The van der Waals surface area contributed by atoms with Crippen LogP contribution in [0.4, 0.5) is 0 Å². The third-order valence-electron chi connectivity index (χ3n) is 4.24. The molecule has 0 aliphatic heterocycles. The Morgan fingerprint density at radius 3 is 2.64 bits per heavy atom. The second kappa shape index (κ2) is 7.21. The van der Waals surface area contributed by atoms with E-state index in [1.54, 1.807) is 16.9 Å². The molecule has 0 radical (unpaired) electrons. The van der Waals surface area contributed by atoms with Gasteiger partial charge in [0.2, 0.25) is 4.96 Å². The highest BCUT2D eigenvalue weighted by Crippen LogP contribution is 2.30. The van der Waals surface area contributed by atoms with Crippen molar-refractivity contribution in [3.8, 4) is 27.7 Å². The van der Waals surface area contributed by atoms with Gasteiger partial charge in [0, 0.05) is 23.5 Å². The molecule has 3 aromatic heterocycles. The van der Waals surface area contributed by atoms with Gasteiger partial charge < -0.3 is 4.74 Å². The van der Waals surface area contributed by atoms with Crippen molar-refractivity contribution in [2.45, 2.75) is 6.61 Å². The van der Waals surface area contributed by atoms with E-state index in [2.05, 4.69) is 15.2 Å². The Bertz CT molecular complexity index is 1220. The summed E-state index contributed by atoms with van der Waals surface area (Å²) in [5.41, 5.74) is 3.00. The van der Waals surface area contributed by atoms with Gasteiger partial charge in [-0.15, -0.1) is 10.2 Å². The smallest absolute Gasteiger partial charge is 0.235 e. The van der Waals surface area contributed by atoms with E-state index >= 15 is 0 Å². The summed E-state index contributed by atoms with van der Waals surface area (Å²) in [6.45, 7) is 0.528. The van der Waals surface area contributed by atoms with Crippen molar-refractivity contribution in [2.24, 2.45) is 0 Å². The van der Waals surface area contributed by atoms with Crippen LogP contribution in [0, 0.1) is 0 Å². The summed E-state index contributed by atoms with van der Waals surface area (Å²) in [6.07, 6.45) is 3.49. The largest absolute Gasteiger partial charge is 0.489 e. The standard InChI is InChI=1S/C21H15N5OS/c1-2-6-15(7-3-1)14-27-18-10-4-8-16(12-18)20-25-26-19(23-24-21(26)28-20)17-9-5-11-22-13-17/h1-13H,14H2. The molecule has 0 saturated heterocycles. The molecule has 0 atom stereocenters. The Labute approximate surface area is 165 Å². The van der Waals surface area contributed by atoms with Crippen molar-refractivity contribution in [1.29, 1.82) is 0 Å². The first-order chi connectivity index (χ1) is 13.9. The number of benzene rings is 2. The molecule has 0 bridgehead atoms. The number of aromatic nitrogens is 5. The van der Waals surface area contributed by atoms with Crippen LogP contribution in [0.5, 0.6) is 5.75 Å². The van der Waals surface area contributed by atoms with Crippen molar-refractivity contribution in [3.05, 3.63) is 84.7 Å². The minimum absolute atomic E-state index is 0.528. The van der Waals surface area contributed by atoms with Gasteiger partial charge in [-0.25, -0.2) is 0 Å². The first kappa shape index (κ1) is 16.6. The van der Waals surface area contributed by atoms with Crippen LogP contribution in [-0.4, -0.2) is 24.8 Å². The van der Waals surface area contributed by atoms with Crippen LogP contribution >= 0.6 is 11.3 Å². The topological polar surface area (TPSA) is 65.2 Å². The maximum atomic E-state index is 5.94. The van der Waals surface area contributed by atoms with E-state index in [0.29, 0.717) is 12.4 Å². The van der Waals surface area contributed by atoms with Crippen LogP contribution in [0.15, 0.2) is 79.1 Å². The van der Waals surface area contributed by atoms with Crippen LogP contribution in [0.25, 0.3) is 26.9 Å². The molecule has 0 fully saturated rings. The van der Waals surface area contributed by atoms with Crippen molar-refractivity contribution >= 4 is 16.3 Å². The number of fused-ring (bicyclic) bond motifs is 1. The maximum absolute atomic E-state index is 5.94. The highest BCUT2D eigenvalue weighted by molar-refractivity contribution is 7.19. The van der Waals surface area contributed by atoms with Gasteiger partial charge in [0.15, 0.2) is 5.82 Å². The van der Waals surface area contributed by atoms with Gasteiger partial charge in [-0.1, -0.05) is 53.8 Å². The monoisotopic (exact) mass is 385 g/mol. The summed E-state index contributed by atoms with van der Waals surface area (Å²) >= 11 is 1.49. The summed E-state index contributed by atoms with van der Waals surface area (Å²) in [4.78, 5) is 4.89. The molecule has 0 unspecified atom stereocenters. The molecule has 0 aliphatic rings. The van der Waals surface area contributed by atoms with E-state index in [1.165, 1.54) is 11.3 Å². The lowest BCUT2D eigenvalue weighted by atomic mass is 10.2. The highest BCUT2D eigenvalue weighted by atomic mass is 32.1. The highest BCUT2D eigenvalue weighted by Gasteiger charge is 2.14. The molecule has 0 spiro atoms. The Morgan fingerprint density at radius 1 is 0.893 bits per heavy atom. The fraction of sp³-hybridized carbons (Fsp3) is 0.0476. The number of pyridine rings is 1. The zero-order valence-electron chi connectivity index (χ0n) is 14.8. The quantitative estimate of drug-likeness (QED) is 0.446. The van der Waals surface area contributed by atoms with Crippen LogP contribution in [-0.2, 0) is 6.61 Å². The third-order valence-corrected chi connectivity index (χ3v) is 5.19. The first-order valence-corrected chi connectivity index (χ1v) is 9.58. The Kier molecular flexibility index (Phi) is 4.27. The van der Waals surface area contributed by atoms with Gasteiger partial charge in [0.25, 0.3) is 0 Å². The normalized spacial score (nSPS) is 11.0. The lowest BCUT2D eigenvalue weighted by Gasteiger charge is -2.07. The van der Waals surface area contributed by atoms with E-state index in [0.717, 1.165) is 32.4 Å². The summed E-state index contributed by atoms with van der Waals surface area (Å²) in [5, 5.41) is 14.1. The second-order valence-electron chi connectivity index (χ2n) is 6.17. The fourth-order valence-electron chi connectivity index (χ4n) is 2.87. The van der Waals surface area contributed by atoms with E-state index in [9.17, 15) is 0 Å². The molecule has 5 aromatic rings. The summed E-state index contributed by atoms with van der Waals surface area (Å²) in [7, 11) is 0. The number of nitrogens with zero attached hydrogens (tertiary/aromatic N) is 5. The number of ether oxygens (including phenoxy) is 1. The molecule has 0 saturated carbocycles. The Balaban J connectivity index is 1.43. The molecule has 0 amide bonds. The second-order valence-corrected chi connectivity index (χ2v) is 7.12. The Hall–Kier alpha value is -3.58. The molecule has 2 aromatic carbocycles. The lowest BCUT2D eigenvalue weighted by Crippen LogP contribution is -1.95. The average Bonchev–Trinajstić information content (AvgIpc) is 3.35. The van der Waals surface area contributed by atoms with Gasteiger partial charge in [-0.2, -0.15) is 9.61 Å². The van der Waals surface area contributed by atoms with Crippen LogP contribution < -0.4 is 4.74 Å². The zero-order valence-corrected chi connectivity index (χ0v) is 15.6. The molecular weight excluding hydrogens is 370 g/mol. The molecule has 0 aliphatic carbocycles. The van der Waals surface area contributed by atoms with Crippen LogP contribution in [0.1, 0.15) is 5.56 Å². The van der Waals surface area contributed by atoms with Gasteiger partial charge in [0.1, 0.15) is 17.4 Å². The third kappa shape index (κ3) is 3.23. The minimum Gasteiger partial charge on any atom is -0.489 e. The van der Waals surface area contributed by atoms with Gasteiger partial charge >= 0.3 is 0 Å². The molecule has 28 heavy (non-hydrogen) atoms. The van der Waals surface area contributed by atoms with Crippen molar-refractivity contribution in [2.75, 3.05) is 0 Å². The van der Waals surface area contributed by atoms with E-state index < -0.39 is 0 Å². The van der Waals surface area contributed by atoms with Crippen LogP contribution in [0.3, 0.4) is 0 Å². The zero-order chi connectivity index (χ0) is 18.8. The molecule has 7 heteroatoms. The fourth-order valence-corrected chi connectivity index (χ4v) is 3.70. The molecule has 0 N–H and O–H groups in total. The Morgan fingerprint density at radius 2 is 1.79 bits per heavy atom. The lowest BCUT2D eigenvalue weighted by molar-refractivity contribution is 0.306. The van der Waals surface area contributed by atoms with Gasteiger partial charge in [-0.05, 0) is 29.8 Å². The minimum atomic E-state index is 0.528. The van der Waals surface area contributed by atoms with E-state index in [4.69, 9.17) is 9.84 Å². The number of hydrogen-bond acceptors (Lipinski definition) is 6. The van der Waals surface area contributed by atoms with Crippen molar-refractivity contribution < 1.29 is 4.74 Å². The van der Waals surface area contributed by atoms with Crippen molar-refractivity contribution in [1.82, 2.24) is 24.8 Å².